The van der Waals surface area contributed by atoms with E-state index < -0.39 is 12.7 Å². The summed E-state index contributed by atoms with van der Waals surface area (Å²) in [6, 6.07) is 1.74. The normalized spacial score (nSPS) is 15.9. The standard InChI is InChI=1S/C12H21BN4O3/c1-12(2,3)20-11(18)16-6-8(7-16)9-5-10(14)17(15-9)13(4)19/h5,8,19H,6-7,14H2,1-4H3. The summed E-state index contributed by atoms with van der Waals surface area (Å²) in [4.78, 5) is 13.4. The fraction of sp³-hybridized carbons (Fsp3) is 0.667. The average molecular weight is 280 g/mol. The van der Waals surface area contributed by atoms with E-state index >= 15 is 0 Å². The summed E-state index contributed by atoms with van der Waals surface area (Å²) in [6.07, 6.45) is -0.309. The van der Waals surface area contributed by atoms with Gasteiger partial charge in [0.15, 0.2) is 0 Å². The second kappa shape index (κ2) is 5.01. The van der Waals surface area contributed by atoms with E-state index in [4.69, 9.17) is 10.5 Å². The third kappa shape index (κ3) is 3.06. The van der Waals surface area contributed by atoms with Crippen molar-refractivity contribution >= 4 is 19.0 Å². The number of aromatic nitrogens is 2. The SMILES string of the molecule is CB(O)n1nc(C2CN(C(=O)OC(C)(C)C)C2)cc1N. The van der Waals surface area contributed by atoms with Crippen LogP contribution in [0.4, 0.5) is 10.6 Å². The first-order valence-electron chi connectivity index (χ1n) is 6.68. The van der Waals surface area contributed by atoms with Crippen LogP contribution in [0.15, 0.2) is 6.07 Å². The molecule has 0 saturated carbocycles. The van der Waals surface area contributed by atoms with E-state index in [1.807, 2.05) is 20.8 Å². The third-order valence-corrected chi connectivity index (χ3v) is 3.09. The van der Waals surface area contributed by atoms with Gasteiger partial charge in [-0.15, -0.1) is 0 Å². The van der Waals surface area contributed by atoms with Crippen molar-refractivity contribution in [1.29, 1.82) is 0 Å². The minimum Gasteiger partial charge on any atom is -0.444 e. The minimum absolute atomic E-state index is 0.143. The molecule has 110 valence electrons. The van der Waals surface area contributed by atoms with Crippen LogP contribution in [0.1, 0.15) is 32.4 Å². The molecular formula is C12H21BN4O3. The van der Waals surface area contributed by atoms with Crippen molar-refractivity contribution < 1.29 is 14.6 Å². The van der Waals surface area contributed by atoms with Gasteiger partial charge < -0.3 is 20.4 Å². The van der Waals surface area contributed by atoms with E-state index in [0.717, 1.165) is 5.69 Å². The predicted octanol–water partition coefficient (Wildman–Crippen LogP) is 0.758. The number of ether oxygens (including phenoxy) is 1. The smallest absolute Gasteiger partial charge is 0.433 e. The number of carbonyl (C=O) groups is 1. The lowest BCUT2D eigenvalue weighted by Crippen LogP contribution is -2.50. The fourth-order valence-electron chi connectivity index (χ4n) is 2.07. The van der Waals surface area contributed by atoms with Crippen LogP contribution in [-0.2, 0) is 4.74 Å². The molecule has 0 aliphatic carbocycles. The van der Waals surface area contributed by atoms with Gasteiger partial charge in [0.1, 0.15) is 11.4 Å². The molecule has 0 aromatic carbocycles. The molecule has 1 amide bonds. The highest BCUT2D eigenvalue weighted by atomic mass is 16.6. The van der Waals surface area contributed by atoms with Crippen LogP contribution in [0.25, 0.3) is 0 Å². The van der Waals surface area contributed by atoms with Crippen LogP contribution < -0.4 is 5.73 Å². The number of hydrogen-bond acceptors (Lipinski definition) is 5. The Morgan fingerprint density at radius 3 is 2.60 bits per heavy atom. The van der Waals surface area contributed by atoms with Gasteiger partial charge in [0.2, 0.25) is 0 Å². The van der Waals surface area contributed by atoms with Crippen molar-refractivity contribution in [3.05, 3.63) is 11.8 Å². The highest BCUT2D eigenvalue weighted by Gasteiger charge is 2.36. The predicted molar refractivity (Wildman–Crippen MR) is 76.4 cm³/mol. The Bertz CT molecular complexity index is 503. The molecule has 1 saturated heterocycles. The lowest BCUT2D eigenvalue weighted by molar-refractivity contribution is 0.00785. The Morgan fingerprint density at radius 1 is 1.55 bits per heavy atom. The van der Waals surface area contributed by atoms with E-state index in [1.165, 1.54) is 4.59 Å². The maximum Gasteiger partial charge on any atom is 0.433 e. The molecule has 0 atom stereocenters. The van der Waals surface area contributed by atoms with Crippen molar-refractivity contribution in [2.45, 2.75) is 39.1 Å². The number of rotatable bonds is 2. The molecule has 2 rings (SSSR count). The van der Waals surface area contributed by atoms with Crippen molar-refractivity contribution in [3.8, 4) is 0 Å². The van der Waals surface area contributed by atoms with Crippen LogP contribution in [0.2, 0.25) is 6.82 Å². The van der Waals surface area contributed by atoms with Gasteiger partial charge in [-0.05, 0) is 27.6 Å². The number of amides is 1. The molecule has 20 heavy (non-hydrogen) atoms. The molecule has 0 spiro atoms. The first-order valence-corrected chi connectivity index (χ1v) is 6.68. The molecule has 1 aromatic rings. The summed E-state index contributed by atoms with van der Waals surface area (Å²) in [6.45, 7) is 8.24. The maximum atomic E-state index is 11.8. The number of carbonyl (C=O) groups excluding carboxylic acids is 1. The molecular weight excluding hydrogens is 259 g/mol. The van der Waals surface area contributed by atoms with Crippen LogP contribution in [0.3, 0.4) is 0 Å². The summed E-state index contributed by atoms with van der Waals surface area (Å²) in [5.74, 6) is 0.565. The lowest BCUT2D eigenvalue weighted by atomic mass is 9.89. The van der Waals surface area contributed by atoms with E-state index in [9.17, 15) is 9.82 Å². The summed E-state index contributed by atoms with van der Waals surface area (Å²) in [5, 5.41) is 13.8. The summed E-state index contributed by atoms with van der Waals surface area (Å²) >= 11 is 0. The number of anilines is 1. The number of nitrogens with zero attached hydrogens (tertiary/aromatic N) is 3. The summed E-state index contributed by atoms with van der Waals surface area (Å²) in [7, 11) is -0.759. The Labute approximate surface area is 118 Å². The molecule has 2 heterocycles. The molecule has 0 radical (unpaired) electrons. The maximum absolute atomic E-state index is 11.8. The van der Waals surface area contributed by atoms with E-state index in [1.54, 1.807) is 17.8 Å². The van der Waals surface area contributed by atoms with Crippen LogP contribution in [0.5, 0.6) is 0 Å². The van der Waals surface area contributed by atoms with Crippen molar-refractivity contribution in [1.82, 2.24) is 14.6 Å². The third-order valence-electron chi connectivity index (χ3n) is 3.09. The van der Waals surface area contributed by atoms with Gasteiger partial charge in [-0.1, -0.05) is 0 Å². The molecule has 1 aromatic heterocycles. The van der Waals surface area contributed by atoms with Gasteiger partial charge in [0.05, 0.1) is 5.69 Å². The molecule has 1 aliphatic rings. The quantitative estimate of drug-likeness (QED) is 0.780. The average Bonchev–Trinajstić information content (AvgIpc) is 2.54. The first-order chi connectivity index (χ1) is 9.17. The van der Waals surface area contributed by atoms with E-state index in [-0.39, 0.29) is 12.0 Å². The number of nitrogens with two attached hydrogens (primary N) is 1. The number of hydrogen-bond donors (Lipinski definition) is 2. The molecule has 8 heteroatoms. The number of nitrogen functional groups attached to an aromatic ring is 1. The van der Waals surface area contributed by atoms with Gasteiger partial charge in [0.25, 0.3) is 0 Å². The Morgan fingerprint density at radius 2 is 2.15 bits per heavy atom. The van der Waals surface area contributed by atoms with Gasteiger partial charge in [-0.25, -0.2) is 4.79 Å². The van der Waals surface area contributed by atoms with Crippen LogP contribution >= 0.6 is 0 Å². The molecule has 3 N–H and O–H groups in total. The Hall–Kier alpha value is -1.70. The van der Waals surface area contributed by atoms with Gasteiger partial charge in [-0.3, -0.25) is 4.59 Å². The highest BCUT2D eigenvalue weighted by molar-refractivity contribution is 6.47. The zero-order valence-corrected chi connectivity index (χ0v) is 12.3. The second-order valence-corrected chi connectivity index (χ2v) is 6.15. The summed E-state index contributed by atoms with van der Waals surface area (Å²) < 4.78 is 6.66. The molecule has 1 aliphatic heterocycles. The monoisotopic (exact) mass is 280 g/mol. The number of likely N-dealkylation sites (tertiary alicyclic amines) is 1. The fourth-order valence-corrected chi connectivity index (χ4v) is 2.07. The van der Waals surface area contributed by atoms with Crippen LogP contribution in [-0.4, -0.2) is 51.4 Å². The zero-order chi connectivity index (χ0) is 15.1. The van der Waals surface area contributed by atoms with Crippen molar-refractivity contribution in [3.63, 3.8) is 0 Å². The van der Waals surface area contributed by atoms with Crippen molar-refractivity contribution in [2.24, 2.45) is 0 Å². The second-order valence-electron chi connectivity index (χ2n) is 6.15. The molecule has 0 unspecified atom stereocenters. The van der Waals surface area contributed by atoms with Crippen molar-refractivity contribution in [2.75, 3.05) is 18.8 Å². The largest absolute Gasteiger partial charge is 0.444 e. The molecule has 1 fully saturated rings. The first kappa shape index (κ1) is 14.7. The topological polar surface area (TPSA) is 93.6 Å². The zero-order valence-electron chi connectivity index (χ0n) is 12.3. The highest BCUT2D eigenvalue weighted by Crippen LogP contribution is 2.28. The van der Waals surface area contributed by atoms with Gasteiger partial charge in [-0.2, -0.15) is 5.10 Å². The Kier molecular flexibility index (Phi) is 3.68. The van der Waals surface area contributed by atoms with E-state index in [2.05, 4.69) is 5.10 Å². The molecule has 7 nitrogen and oxygen atoms in total. The lowest BCUT2D eigenvalue weighted by Gasteiger charge is -2.38. The van der Waals surface area contributed by atoms with Gasteiger partial charge >= 0.3 is 13.1 Å². The van der Waals surface area contributed by atoms with Crippen LogP contribution in [0, 0.1) is 0 Å². The minimum atomic E-state index is -0.759. The van der Waals surface area contributed by atoms with Gasteiger partial charge in [0, 0.05) is 25.1 Å². The summed E-state index contributed by atoms with van der Waals surface area (Å²) in [5.41, 5.74) is 6.08. The molecule has 0 bridgehead atoms. The Balaban J connectivity index is 1.93. The van der Waals surface area contributed by atoms with E-state index in [0.29, 0.717) is 18.9 Å².